The molecular weight excluding hydrogens is 422 g/mol. The van der Waals surface area contributed by atoms with Gasteiger partial charge in [0.25, 0.3) is 11.8 Å². The molecule has 1 atom stereocenters. The van der Waals surface area contributed by atoms with E-state index in [0.29, 0.717) is 10.6 Å². The Morgan fingerprint density at radius 2 is 1.68 bits per heavy atom. The number of fused-ring (bicyclic) bond motifs is 1. The molecule has 2 aliphatic heterocycles. The van der Waals surface area contributed by atoms with Crippen LogP contribution in [0.2, 0.25) is 5.02 Å². The summed E-state index contributed by atoms with van der Waals surface area (Å²) < 4.78 is 0. The SMILES string of the molecule is O=C(Cc1ccc(Cl)cc1)NCc1ccc2c(c1)C(=O)N(C1CCC(=O)NC1=O)C2=O. The highest BCUT2D eigenvalue weighted by atomic mass is 35.5. The topological polar surface area (TPSA) is 113 Å². The number of benzene rings is 2. The van der Waals surface area contributed by atoms with Gasteiger partial charge >= 0.3 is 0 Å². The zero-order chi connectivity index (χ0) is 22.1. The predicted octanol–water partition coefficient (Wildman–Crippen LogP) is 1.60. The molecule has 2 N–H and O–H groups in total. The van der Waals surface area contributed by atoms with Crippen molar-refractivity contribution in [2.24, 2.45) is 0 Å². The maximum Gasteiger partial charge on any atom is 0.262 e. The van der Waals surface area contributed by atoms with Crippen molar-refractivity contribution in [2.75, 3.05) is 0 Å². The molecule has 4 rings (SSSR count). The summed E-state index contributed by atoms with van der Waals surface area (Å²) in [6, 6.07) is 10.7. The molecule has 158 valence electrons. The Bertz CT molecular complexity index is 1110. The molecule has 2 heterocycles. The average Bonchev–Trinajstić information content (AvgIpc) is 2.98. The molecular formula is C22H18ClN3O5. The lowest BCUT2D eigenvalue weighted by Gasteiger charge is -2.27. The minimum atomic E-state index is -1.01. The highest BCUT2D eigenvalue weighted by Gasteiger charge is 2.44. The number of halogens is 1. The number of amides is 5. The molecule has 0 aliphatic carbocycles. The summed E-state index contributed by atoms with van der Waals surface area (Å²) >= 11 is 5.84. The molecule has 9 heteroatoms. The third-order valence-corrected chi connectivity index (χ3v) is 5.52. The first-order valence-electron chi connectivity index (χ1n) is 9.69. The van der Waals surface area contributed by atoms with Crippen molar-refractivity contribution in [1.82, 2.24) is 15.5 Å². The third-order valence-electron chi connectivity index (χ3n) is 5.27. The maximum atomic E-state index is 12.8. The highest BCUT2D eigenvalue weighted by molar-refractivity contribution is 6.30. The Kier molecular flexibility index (Phi) is 5.56. The molecule has 1 unspecified atom stereocenters. The molecule has 2 aliphatic rings. The van der Waals surface area contributed by atoms with Gasteiger partial charge in [-0.15, -0.1) is 0 Å². The Hall–Kier alpha value is -3.52. The van der Waals surface area contributed by atoms with E-state index in [2.05, 4.69) is 10.6 Å². The second kappa shape index (κ2) is 8.31. The van der Waals surface area contributed by atoms with E-state index in [1.165, 1.54) is 6.07 Å². The van der Waals surface area contributed by atoms with E-state index in [1.807, 2.05) is 0 Å². The van der Waals surface area contributed by atoms with Gasteiger partial charge in [0.1, 0.15) is 6.04 Å². The van der Waals surface area contributed by atoms with Crippen molar-refractivity contribution in [2.45, 2.75) is 31.8 Å². The number of nitrogens with zero attached hydrogens (tertiary/aromatic N) is 1. The summed E-state index contributed by atoms with van der Waals surface area (Å²) in [5, 5.41) is 5.54. The van der Waals surface area contributed by atoms with Crippen LogP contribution in [0.25, 0.3) is 0 Å². The maximum absolute atomic E-state index is 12.8. The van der Waals surface area contributed by atoms with E-state index in [4.69, 9.17) is 11.6 Å². The standard InChI is InChI=1S/C22H18ClN3O5/c23-14-4-1-12(2-5-14)10-19(28)24-11-13-3-6-15-16(9-13)22(31)26(21(15)30)17-7-8-18(27)25-20(17)29/h1-6,9,17H,7-8,10-11H2,(H,24,28)(H,25,27,29). The average molecular weight is 440 g/mol. The number of hydrogen-bond acceptors (Lipinski definition) is 5. The van der Waals surface area contributed by atoms with Gasteiger partial charge in [-0.25, -0.2) is 0 Å². The van der Waals surface area contributed by atoms with Crippen LogP contribution in [0.4, 0.5) is 0 Å². The van der Waals surface area contributed by atoms with Crippen LogP contribution in [0, 0.1) is 0 Å². The lowest BCUT2D eigenvalue weighted by molar-refractivity contribution is -0.136. The van der Waals surface area contributed by atoms with Crippen LogP contribution >= 0.6 is 11.6 Å². The summed E-state index contributed by atoms with van der Waals surface area (Å²) in [6.07, 6.45) is 0.348. The normalized spacial score (nSPS) is 18.1. The van der Waals surface area contributed by atoms with Crippen LogP contribution in [0.15, 0.2) is 42.5 Å². The fourth-order valence-electron chi connectivity index (χ4n) is 3.68. The molecule has 0 spiro atoms. The first-order valence-corrected chi connectivity index (χ1v) is 10.1. The van der Waals surface area contributed by atoms with Crippen LogP contribution in [0.1, 0.15) is 44.7 Å². The molecule has 2 aromatic rings. The van der Waals surface area contributed by atoms with Crippen molar-refractivity contribution in [3.8, 4) is 0 Å². The lowest BCUT2D eigenvalue weighted by Crippen LogP contribution is -2.54. The Labute approximate surface area is 182 Å². The predicted molar refractivity (Wildman–Crippen MR) is 110 cm³/mol. The van der Waals surface area contributed by atoms with E-state index in [0.717, 1.165) is 10.5 Å². The van der Waals surface area contributed by atoms with Crippen molar-refractivity contribution >= 4 is 41.1 Å². The van der Waals surface area contributed by atoms with E-state index < -0.39 is 29.7 Å². The van der Waals surface area contributed by atoms with E-state index in [-0.39, 0.29) is 42.8 Å². The molecule has 0 aromatic heterocycles. The first kappa shape index (κ1) is 20.7. The quantitative estimate of drug-likeness (QED) is 0.687. The van der Waals surface area contributed by atoms with Crippen LogP contribution in [-0.2, 0) is 27.3 Å². The molecule has 5 amide bonds. The van der Waals surface area contributed by atoms with Crippen LogP contribution in [-0.4, -0.2) is 40.5 Å². The van der Waals surface area contributed by atoms with Crippen LogP contribution in [0.3, 0.4) is 0 Å². The minimum Gasteiger partial charge on any atom is -0.352 e. The van der Waals surface area contributed by atoms with Crippen molar-refractivity contribution in [3.05, 3.63) is 69.7 Å². The smallest absolute Gasteiger partial charge is 0.262 e. The second-order valence-electron chi connectivity index (χ2n) is 7.41. The summed E-state index contributed by atoms with van der Waals surface area (Å²) in [6.45, 7) is 0.180. The molecule has 0 bridgehead atoms. The molecule has 1 fully saturated rings. The number of carbonyl (C=O) groups excluding carboxylic acids is 5. The van der Waals surface area contributed by atoms with Gasteiger partial charge in [-0.2, -0.15) is 0 Å². The Morgan fingerprint density at radius 1 is 1.00 bits per heavy atom. The van der Waals surface area contributed by atoms with Gasteiger partial charge in [-0.1, -0.05) is 29.8 Å². The molecule has 31 heavy (non-hydrogen) atoms. The minimum absolute atomic E-state index is 0.0642. The van der Waals surface area contributed by atoms with Gasteiger partial charge in [-0.3, -0.25) is 34.2 Å². The zero-order valence-corrected chi connectivity index (χ0v) is 17.1. The van der Waals surface area contributed by atoms with Gasteiger partial charge in [0.2, 0.25) is 17.7 Å². The third kappa shape index (κ3) is 4.20. The second-order valence-corrected chi connectivity index (χ2v) is 7.84. The molecule has 0 radical (unpaired) electrons. The van der Waals surface area contributed by atoms with Gasteiger partial charge in [-0.05, 0) is 41.8 Å². The van der Waals surface area contributed by atoms with Gasteiger partial charge in [0.05, 0.1) is 17.5 Å². The van der Waals surface area contributed by atoms with Crippen LogP contribution in [0.5, 0.6) is 0 Å². The highest BCUT2D eigenvalue weighted by Crippen LogP contribution is 2.28. The van der Waals surface area contributed by atoms with Crippen molar-refractivity contribution in [1.29, 1.82) is 0 Å². The monoisotopic (exact) mass is 439 g/mol. The number of carbonyl (C=O) groups is 5. The number of piperidine rings is 1. The summed E-state index contributed by atoms with van der Waals surface area (Å²) in [5.41, 5.74) is 1.84. The molecule has 2 aromatic carbocycles. The van der Waals surface area contributed by atoms with Crippen LogP contribution < -0.4 is 10.6 Å². The Morgan fingerprint density at radius 3 is 2.39 bits per heavy atom. The van der Waals surface area contributed by atoms with Crippen molar-refractivity contribution < 1.29 is 24.0 Å². The van der Waals surface area contributed by atoms with E-state index in [1.54, 1.807) is 36.4 Å². The van der Waals surface area contributed by atoms with Gasteiger partial charge in [0, 0.05) is 18.0 Å². The zero-order valence-electron chi connectivity index (χ0n) is 16.3. The molecule has 1 saturated heterocycles. The van der Waals surface area contributed by atoms with Gasteiger partial charge in [0.15, 0.2) is 0 Å². The Balaban J connectivity index is 1.43. The summed E-state index contributed by atoms with van der Waals surface area (Å²) in [7, 11) is 0. The number of nitrogens with one attached hydrogen (secondary N) is 2. The summed E-state index contributed by atoms with van der Waals surface area (Å²) in [4.78, 5) is 62.1. The number of rotatable bonds is 5. The largest absolute Gasteiger partial charge is 0.352 e. The lowest BCUT2D eigenvalue weighted by atomic mass is 10.0. The van der Waals surface area contributed by atoms with E-state index in [9.17, 15) is 24.0 Å². The molecule has 8 nitrogen and oxygen atoms in total. The molecule has 0 saturated carbocycles. The van der Waals surface area contributed by atoms with E-state index >= 15 is 0 Å². The number of hydrogen-bond donors (Lipinski definition) is 2. The van der Waals surface area contributed by atoms with Crippen molar-refractivity contribution in [3.63, 3.8) is 0 Å². The first-order chi connectivity index (χ1) is 14.8. The summed E-state index contributed by atoms with van der Waals surface area (Å²) in [5.74, 6) is -2.41. The fourth-order valence-corrected chi connectivity index (χ4v) is 3.80. The number of imide groups is 2. The fraction of sp³-hybridized carbons (Fsp3) is 0.227. The van der Waals surface area contributed by atoms with Gasteiger partial charge < -0.3 is 5.32 Å².